The van der Waals surface area contributed by atoms with Crippen LogP contribution >= 0.6 is 0 Å². The molecule has 2 fully saturated rings. The van der Waals surface area contributed by atoms with Crippen molar-refractivity contribution < 1.29 is 8.42 Å². The lowest BCUT2D eigenvalue weighted by Crippen LogP contribution is -2.56. The summed E-state index contributed by atoms with van der Waals surface area (Å²) in [6.07, 6.45) is 6.39. The molecule has 0 radical (unpaired) electrons. The van der Waals surface area contributed by atoms with E-state index in [1.54, 1.807) is 18.3 Å². The number of nitrogens with zero attached hydrogens (tertiary/aromatic N) is 2. The van der Waals surface area contributed by atoms with E-state index in [1.807, 2.05) is 0 Å². The van der Waals surface area contributed by atoms with E-state index in [1.165, 1.54) is 18.4 Å². The Bertz CT molecular complexity index is 814. The van der Waals surface area contributed by atoms with E-state index in [-0.39, 0.29) is 17.3 Å². The number of nitrogens with one attached hydrogen (secondary N) is 3. The lowest BCUT2D eigenvalue weighted by molar-refractivity contribution is 0.291. The Morgan fingerprint density at radius 2 is 1.84 bits per heavy atom. The molecular formula is C23H39N5O2S. The fourth-order valence-corrected chi connectivity index (χ4v) is 5.94. The lowest BCUT2D eigenvalue weighted by Gasteiger charge is -2.36. The van der Waals surface area contributed by atoms with Gasteiger partial charge in [0.1, 0.15) is 0 Å². The number of hydrogen-bond donors (Lipinski definition) is 3. The molecule has 3 rings (SSSR count). The maximum Gasteiger partial charge on any atom is 0.213 e. The maximum atomic E-state index is 12.1. The molecule has 1 aromatic rings. The van der Waals surface area contributed by atoms with Crippen molar-refractivity contribution in [2.24, 2.45) is 4.99 Å². The summed E-state index contributed by atoms with van der Waals surface area (Å²) >= 11 is 0. The molecule has 8 heteroatoms. The minimum Gasteiger partial charge on any atom is -0.355 e. The third-order valence-electron chi connectivity index (χ3n) is 6.75. The zero-order chi connectivity index (χ0) is 22.3. The predicted molar refractivity (Wildman–Crippen MR) is 128 cm³/mol. The van der Waals surface area contributed by atoms with Crippen molar-refractivity contribution in [1.29, 1.82) is 0 Å². The monoisotopic (exact) mass is 449 g/mol. The fraction of sp³-hybridized carbons (Fsp3) is 0.696. The van der Waals surface area contributed by atoms with Crippen molar-refractivity contribution in [3.63, 3.8) is 0 Å². The minimum atomic E-state index is -3.09. The summed E-state index contributed by atoms with van der Waals surface area (Å²) in [4.78, 5) is 4.43. The van der Waals surface area contributed by atoms with Gasteiger partial charge in [-0.25, -0.2) is 12.7 Å². The van der Waals surface area contributed by atoms with Crippen LogP contribution in [0.1, 0.15) is 64.0 Å². The Hall–Kier alpha value is -1.64. The third kappa shape index (κ3) is 6.43. The predicted octanol–water partition coefficient (Wildman–Crippen LogP) is 2.63. The quantitative estimate of drug-likeness (QED) is 0.420. The second-order valence-electron chi connectivity index (χ2n) is 8.91. The Kier molecular flexibility index (Phi) is 8.36. The number of piperidine rings is 1. The first-order valence-corrected chi connectivity index (χ1v) is 13.3. The van der Waals surface area contributed by atoms with Gasteiger partial charge in [-0.05, 0) is 45.1 Å². The van der Waals surface area contributed by atoms with Crippen LogP contribution < -0.4 is 16.0 Å². The number of guanidine groups is 1. The van der Waals surface area contributed by atoms with Gasteiger partial charge in [0.2, 0.25) is 10.0 Å². The van der Waals surface area contributed by atoms with E-state index in [0.29, 0.717) is 19.1 Å². The maximum absolute atomic E-state index is 12.1. The van der Waals surface area contributed by atoms with E-state index in [2.05, 4.69) is 58.2 Å². The number of benzene rings is 1. The van der Waals surface area contributed by atoms with Crippen LogP contribution in [0.4, 0.5) is 0 Å². The van der Waals surface area contributed by atoms with Crippen molar-refractivity contribution in [1.82, 2.24) is 20.3 Å². The van der Waals surface area contributed by atoms with E-state index in [0.717, 1.165) is 38.2 Å². The first-order chi connectivity index (χ1) is 14.9. The Morgan fingerprint density at radius 3 is 2.42 bits per heavy atom. The van der Waals surface area contributed by atoms with E-state index in [4.69, 9.17) is 0 Å². The van der Waals surface area contributed by atoms with Gasteiger partial charge in [-0.15, -0.1) is 0 Å². The minimum absolute atomic E-state index is 0.0610. The van der Waals surface area contributed by atoms with Gasteiger partial charge >= 0.3 is 0 Å². The summed E-state index contributed by atoms with van der Waals surface area (Å²) in [5.74, 6) is 0.974. The van der Waals surface area contributed by atoms with Crippen molar-refractivity contribution in [3.8, 4) is 0 Å². The molecule has 0 spiro atoms. The fourth-order valence-electron chi connectivity index (χ4n) is 4.81. The third-order valence-corrected chi connectivity index (χ3v) is 8.64. The standard InChI is InChI=1S/C23H39N5O2S/c1-4-31(29,30)28-16-12-21(13-17-28)26-22(24-3)25-18-23(14-8-9-15-23)27-19(2)20-10-6-5-7-11-20/h5-7,10-11,19,21,27H,4,8-9,12-18H2,1-3H3,(H2,24,25,26). The molecule has 1 saturated heterocycles. The molecule has 2 aliphatic rings. The average Bonchev–Trinajstić information content (AvgIpc) is 3.26. The number of aliphatic imine (C=N–C) groups is 1. The Balaban J connectivity index is 1.53. The van der Waals surface area contributed by atoms with E-state index >= 15 is 0 Å². The van der Waals surface area contributed by atoms with Gasteiger partial charge in [-0.3, -0.25) is 4.99 Å². The van der Waals surface area contributed by atoms with Gasteiger partial charge in [-0.2, -0.15) is 0 Å². The van der Waals surface area contributed by atoms with Crippen LogP contribution in [0.25, 0.3) is 0 Å². The number of sulfonamides is 1. The molecule has 0 amide bonds. The lowest BCUT2D eigenvalue weighted by atomic mass is 9.94. The van der Waals surface area contributed by atoms with Gasteiger partial charge in [0.25, 0.3) is 0 Å². The molecule has 3 N–H and O–H groups in total. The van der Waals surface area contributed by atoms with Crippen molar-refractivity contribution in [2.75, 3.05) is 32.4 Å². The zero-order valence-corrected chi connectivity index (χ0v) is 20.0. The number of hydrogen-bond acceptors (Lipinski definition) is 4. The molecule has 7 nitrogen and oxygen atoms in total. The second kappa shape index (κ2) is 10.8. The van der Waals surface area contributed by atoms with E-state index < -0.39 is 10.0 Å². The largest absolute Gasteiger partial charge is 0.355 e. The molecule has 1 aromatic carbocycles. The topological polar surface area (TPSA) is 85.8 Å². The Labute approximate surface area is 188 Å². The highest BCUT2D eigenvalue weighted by molar-refractivity contribution is 7.89. The summed E-state index contributed by atoms with van der Waals surface area (Å²) in [5.41, 5.74) is 1.37. The van der Waals surface area contributed by atoms with Gasteiger partial charge in [0, 0.05) is 44.3 Å². The molecule has 174 valence electrons. The molecule has 1 heterocycles. The molecule has 1 saturated carbocycles. The van der Waals surface area contributed by atoms with Crippen molar-refractivity contribution >= 4 is 16.0 Å². The average molecular weight is 450 g/mol. The van der Waals surface area contributed by atoms with Crippen LogP contribution in [0.2, 0.25) is 0 Å². The van der Waals surface area contributed by atoms with Crippen molar-refractivity contribution in [2.45, 2.75) is 70.0 Å². The SMILES string of the molecule is CCS(=O)(=O)N1CCC(NC(=NC)NCC2(NC(C)c3ccccc3)CCCC2)CC1. The molecule has 0 bridgehead atoms. The van der Waals surface area contributed by atoms with Gasteiger partial charge < -0.3 is 16.0 Å². The first kappa shape index (κ1) is 24.0. The molecule has 1 atom stereocenters. The summed E-state index contributed by atoms with van der Waals surface area (Å²) in [6, 6.07) is 11.1. The second-order valence-corrected chi connectivity index (χ2v) is 11.2. The highest BCUT2D eigenvalue weighted by Crippen LogP contribution is 2.31. The molecule has 0 aromatic heterocycles. The van der Waals surface area contributed by atoms with Crippen LogP contribution in [0, 0.1) is 0 Å². The summed E-state index contributed by atoms with van der Waals surface area (Å²) in [5, 5.41) is 11.0. The molecule has 1 aliphatic carbocycles. The van der Waals surface area contributed by atoms with Crippen LogP contribution in [-0.2, 0) is 10.0 Å². The first-order valence-electron chi connectivity index (χ1n) is 11.6. The highest BCUT2D eigenvalue weighted by Gasteiger charge is 2.35. The molecule has 1 aliphatic heterocycles. The van der Waals surface area contributed by atoms with Gasteiger partial charge in [0.15, 0.2) is 5.96 Å². The molecule has 31 heavy (non-hydrogen) atoms. The van der Waals surface area contributed by atoms with E-state index in [9.17, 15) is 8.42 Å². The summed E-state index contributed by atoms with van der Waals surface area (Å²) in [6.45, 7) is 5.92. The van der Waals surface area contributed by atoms with Crippen LogP contribution in [0.15, 0.2) is 35.3 Å². The van der Waals surface area contributed by atoms with Gasteiger partial charge in [-0.1, -0.05) is 43.2 Å². The summed E-state index contributed by atoms with van der Waals surface area (Å²) in [7, 11) is -1.29. The smallest absolute Gasteiger partial charge is 0.213 e. The van der Waals surface area contributed by atoms with Crippen LogP contribution in [-0.4, -0.2) is 62.7 Å². The number of rotatable bonds is 8. The normalized spacial score (nSPS) is 21.7. The summed E-state index contributed by atoms with van der Waals surface area (Å²) < 4.78 is 25.8. The molecule has 1 unspecified atom stereocenters. The van der Waals surface area contributed by atoms with Gasteiger partial charge in [0.05, 0.1) is 5.75 Å². The zero-order valence-electron chi connectivity index (χ0n) is 19.2. The Morgan fingerprint density at radius 1 is 1.19 bits per heavy atom. The van der Waals surface area contributed by atoms with Crippen LogP contribution in [0.5, 0.6) is 0 Å². The van der Waals surface area contributed by atoms with Crippen LogP contribution in [0.3, 0.4) is 0 Å². The molecular weight excluding hydrogens is 410 g/mol. The van der Waals surface area contributed by atoms with Crippen molar-refractivity contribution in [3.05, 3.63) is 35.9 Å². The highest BCUT2D eigenvalue weighted by atomic mass is 32.2.